The summed E-state index contributed by atoms with van der Waals surface area (Å²) in [6.45, 7) is 1.36. The van der Waals surface area contributed by atoms with Crippen LogP contribution in [0.1, 0.15) is 12.5 Å². The zero-order valence-corrected chi connectivity index (χ0v) is 8.88. The van der Waals surface area contributed by atoms with Crippen LogP contribution >= 0.6 is 0 Å². The number of phenolic OH excluding ortho intramolecular Hbond substituents is 1. The van der Waals surface area contributed by atoms with Crippen LogP contribution in [0.4, 0.5) is 10.1 Å². The van der Waals surface area contributed by atoms with E-state index in [1.807, 2.05) is 0 Å². The van der Waals surface area contributed by atoms with E-state index in [9.17, 15) is 24.4 Å². The molecule has 0 saturated carbocycles. The van der Waals surface area contributed by atoms with Gasteiger partial charge in [-0.3, -0.25) is 14.9 Å². The second-order valence-corrected chi connectivity index (χ2v) is 3.64. The molecule has 17 heavy (non-hydrogen) atoms. The van der Waals surface area contributed by atoms with Crippen molar-refractivity contribution in [1.82, 2.24) is 0 Å². The summed E-state index contributed by atoms with van der Waals surface area (Å²) in [5.74, 6) is -3.88. The summed E-state index contributed by atoms with van der Waals surface area (Å²) in [5.41, 5.74) is -0.612. The van der Waals surface area contributed by atoms with Crippen molar-refractivity contribution in [3.63, 3.8) is 0 Å². The average molecular weight is 243 g/mol. The third kappa shape index (κ3) is 2.90. The first kappa shape index (κ1) is 12.9. The molecule has 1 atom stereocenters. The maximum Gasteiger partial charge on any atom is 0.306 e. The smallest absolute Gasteiger partial charge is 0.306 e. The maximum absolute atomic E-state index is 13.1. The first-order valence-electron chi connectivity index (χ1n) is 4.71. The standard InChI is InChI=1S/C10H10FNO5/c1-5(10(14)15)2-6-3-7(12(16)17)4-8(11)9(6)13/h3-5,13H,2H2,1H3,(H,14,15). The number of carboxylic acids is 1. The van der Waals surface area contributed by atoms with Crippen LogP contribution in [0.2, 0.25) is 0 Å². The molecule has 7 heteroatoms. The topological polar surface area (TPSA) is 101 Å². The summed E-state index contributed by atoms with van der Waals surface area (Å²) in [6, 6.07) is 1.56. The fourth-order valence-corrected chi connectivity index (χ4v) is 1.32. The Morgan fingerprint density at radius 1 is 1.59 bits per heavy atom. The molecule has 92 valence electrons. The van der Waals surface area contributed by atoms with E-state index in [0.29, 0.717) is 6.07 Å². The summed E-state index contributed by atoms with van der Waals surface area (Å²) in [4.78, 5) is 20.3. The summed E-state index contributed by atoms with van der Waals surface area (Å²) >= 11 is 0. The van der Waals surface area contributed by atoms with Gasteiger partial charge in [-0.15, -0.1) is 0 Å². The van der Waals surface area contributed by atoms with Crippen molar-refractivity contribution in [2.24, 2.45) is 5.92 Å². The van der Waals surface area contributed by atoms with E-state index in [2.05, 4.69) is 0 Å². The molecule has 0 spiro atoms. The van der Waals surface area contributed by atoms with Gasteiger partial charge < -0.3 is 10.2 Å². The number of aromatic hydroxyl groups is 1. The molecule has 0 radical (unpaired) electrons. The largest absolute Gasteiger partial charge is 0.505 e. The van der Waals surface area contributed by atoms with Crippen molar-refractivity contribution in [2.75, 3.05) is 0 Å². The lowest BCUT2D eigenvalue weighted by Crippen LogP contribution is -2.12. The zero-order valence-electron chi connectivity index (χ0n) is 8.88. The third-order valence-electron chi connectivity index (χ3n) is 2.29. The van der Waals surface area contributed by atoms with E-state index < -0.39 is 34.1 Å². The first-order chi connectivity index (χ1) is 7.82. The van der Waals surface area contributed by atoms with Crippen molar-refractivity contribution < 1.29 is 24.3 Å². The molecule has 1 rings (SSSR count). The van der Waals surface area contributed by atoms with Crippen molar-refractivity contribution in [3.05, 3.63) is 33.6 Å². The number of hydrogen-bond donors (Lipinski definition) is 2. The van der Waals surface area contributed by atoms with Crippen LogP contribution in [-0.4, -0.2) is 21.1 Å². The molecule has 0 heterocycles. The van der Waals surface area contributed by atoms with Crippen molar-refractivity contribution in [2.45, 2.75) is 13.3 Å². The number of nitro benzene ring substituents is 1. The van der Waals surface area contributed by atoms with Crippen LogP contribution in [-0.2, 0) is 11.2 Å². The molecular weight excluding hydrogens is 233 g/mol. The predicted octanol–water partition coefficient (Wildman–Crippen LogP) is 1.70. The predicted molar refractivity (Wildman–Crippen MR) is 55.2 cm³/mol. The van der Waals surface area contributed by atoms with E-state index >= 15 is 0 Å². The van der Waals surface area contributed by atoms with Gasteiger partial charge in [0, 0.05) is 11.6 Å². The van der Waals surface area contributed by atoms with Crippen LogP contribution in [0.3, 0.4) is 0 Å². The molecule has 0 saturated heterocycles. The molecule has 0 aromatic heterocycles. The summed E-state index contributed by atoms with van der Waals surface area (Å²) in [6.07, 6.45) is -0.181. The lowest BCUT2D eigenvalue weighted by atomic mass is 10.00. The fourth-order valence-electron chi connectivity index (χ4n) is 1.32. The number of phenols is 1. The summed E-state index contributed by atoms with van der Waals surface area (Å²) in [5, 5.41) is 28.5. The van der Waals surface area contributed by atoms with E-state index in [-0.39, 0.29) is 12.0 Å². The monoisotopic (exact) mass is 243 g/mol. The highest BCUT2D eigenvalue weighted by Gasteiger charge is 2.20. The van der Waals surface area contributed by atoms with Crippen LogP contribution in [0.25, 0.3) is 0 Å². The Morgan fingerprint density at radius 2 is 2.18 bits per heavy atom. The number of carboxylic acid groups (broad SMARTS) is 1. The first-order valence-corrected chi connectivity index (χ1v) is 4.71. The third-order valence-corrected chi connectivity index (χ3v) is 2.29. The molecule has 0 aliphatic rings. The number of rotatable bonds is 4. The molecule has 1 aromatic rings. The fraction of sp³-hybridized carbons (Fsp3) is 0.300. The summed E-state index contributed by atoms with van der Waals surface area (Å²) < 4.78 is 13.1. The van der Waals surface area contributed by atoms with Gasteiger partial charge in [0.25, 0.3) is 5.69 Å². The second kappa shape index (κ2) is 4.77. The van der Waals surface area contributed by atoms with Crippen LogP contribution < -0.4 is 0 Å². The Bertz CT molecular complexity index is 474. The highest BCUT2D eigenvalue weighted by Crippen LogP contribution is 2.28. The number of carbonyl (C=O) groups is 1. The van der Waals surface area contributed by atoms with Crippen molar-refractivity contribution >= 4 is 11.7 Å². The minimum Gasteiger partial charge on any atom is -0.505 e. The Balaban J connectivity index is 3.14. The van der Waals surface area contributed by atoms with E-state index in [4.69, 9.17) is 5.11 Å². The zero-order chi connectivity index (χ0) is 13.2. The number of non-ortho nitro benzene ring substituents is 1. The van der Waals surface area contributed by atoms with Gasteiger partial charge in [0.1, 0.15) is 0 Å². The highest BCUT2D eigenvalue weighted by atomic mass is 19.1. The maximum atomic E-state index is 13.1. The van der Waals surface area contributed by atoms with Gasteiger partial charge in [0.05, 0.1) is 16.9 Å². The van der Waals surface area contributed by atoms with Gasteiger partial charge in [-0.2, -0.15) is 0 Å². The Morgan fingerprint density at radius 3 is 2.65 bits per heavy atom. The van der Waals surface area contributed by atoms with Gasteiger partial charge in [-0.05, 0) is 6.42 Å². The normalized spacial score (nSPS) is 12.1. The molecule has 0 aliphatic heterocycles. The van der Waals surface area contributed by atoms with Crippen molar-refractivity contribution in [1.29, 1.82) is 0 Å². The lowest BCUT2D eigenvalue weighted by molar-refractivity contribution is -0.385. The lowest BCUT2D eigenvalue weighted by Gasteiger charge is -2.08. The van der Waals surface area contributed by atoms with Crippen molar-refractivity contribution in [3.8, 4) is 5.75 Å². The van der Waals surface area contributed by atoms with Gasteiger partial charge in [-0.25, -0.2) is 4.39 Å². The molecule has 0 amide bonds. The van der Waals surface area contributed by atoms with Gasteiger partial charge in [0.2, 0.25) is 0 Å². The molecule has 0 fully saturated rings. The number of aliphatic carboxylic acids is 1. The van der Waals surface area contributed by atoms with E-state index in [1.165, 1.54) is 6.92 Å². The van der Waals surface area contributed by atoms with Gasteiger partial charge in [-0.1, -0.05) is 6.92 Å². The number of nitro groups is 1. The minimum absolute atomic E-state index is 0.0911. The Kier molecular flexibility index (Phi) is 3.62. The molecule has 1 unspecified atom stereocenters. The molecule has 0 aliphatic carbocycles. The molecule has 0 bridgehead atoms. The Labute approximate surface area is 95.5 Å². The number of halogens is 1. The quantitative estimate of drug-likeness (QED) is 0.619. The number of benzene rings is 1. The average Bonchev–Trinajstić information content (AvgIpc) is 2.23. The van der Waals surface area contributed by atoms with Crippen LogP contribution in [0.15, 0.2) is 12.1 Å². The van der Waals surface area contributed by atoms with E-state index in [1.54, 1.807) is 0 Å². The molecule has 1 aromatic carbocycles. The van der Waals surface area contributed by atoms with Gasteiger partial charge >= 0.3 is 5.97 Å². The Hall–Kier alpha value is -2.18. The molecule has 6 nitrogen and oxygen atoms in total. The second-order valence-electron chi connectivity index (χ2n) is 3.64. The molecule has 2 N–H and O–H groups in total. The molecular formula is C10H10FNO5. The van der Waals surface area contributed by atoms with Crippen LogP contribution in [0, 0.1) is 21.8 Å². The minimum atomic E-state index is -1.13. The van der Waals surface area contributed by atoms with E-state index in [0.717, 1.165) is 6.07 Å². The highest BCUT2D eigenvalue weighted by molar-refractivity contribution is 5.70. The number of hydrogen-bond acceptors (Lipinski definition) is 4. The van der Waals surface area contributed by atoms with Gasteiger partial charge in [0.15, 0.2) is 11.6 Å². The van der Waals surface area contributed by atoms with Crippen LogP contribution in [0.5, 0.6) is 5.75 Å². The summed E-state index contributed by atoms with van der Waals surface area (Å²) in [7, 11) is 0. The SMILES string of the molecule is CC(Cc1cc([N+](=O)[O-])cc(F)c1O)C(=O)O. The number of nitrogens with zero attached hydrogens (tertiary/aromatic N) is 1.